The van der Waals surface area contributed by atoms with E-state index in [2.05, 4.69) is 67.1 Å². The van der Waals surface area contributed by atoms with Crippen LogP contribution in [0.25, 0.3) is 11.3 Å². The molecule has 2 aliphatic heterocycles. The molecular weight excluding hydrogens is 722 g/mol. The van der Waals surface area contributed by atoms with Gasteiger partial charge in [-0.25, -0.2) is 19.0 Å². The van der Waals surface area contributed by atoms with Crippen LogP contribution in [-0.4, -0.2) is 84.9 Å². The van der Waals surface area contributed by atoms with Crippen molar-refractivity contribution in [3.8, 4) is 6.07 Å². The molecule has 6 aromatic rings. The topological polar surface area (TPSA) is 152 Å². The van der Waals surface area contributed by atoms with E-state index in [4.69, 9.17) is 21.8 Å². The summed E-state index contributed by atoms with van der Waals surface area (Å²) in [6, 6.07) is 7.65. The summed E-state index contributed by atoms with van der Waals surface area (Å²) in [5.74, 6) is 5.08. The molecule has 0 saturated carbocycles. The largest absolute Gasteiger partial charge is 0.340 e. The summed E-state index contributed by atoms with van der Waals surface area (Å²) in [7, 11) is 3.88. The molecule has 0 aromatic carbocycles. The van der Waals surface area contributed by atoms with Crippen LogP contribution in [0.1, 0.15) is 65.9 Å². The zero-order valence-electron chi connectivity index (χ0n) is 28.7. The lowest BCUT2D eigenvalue weighted by molar-refractivity contribution is 0.681. The Hall–Kier alpha value is -4.62. The van der Waals surface area contributed by atoms with Gasteiger partial charge in [0, 0.05) is 66.0 Å². The highest BCUT2D eigenvalue weighted by atomic mass is 79.9. The lowest BCUT2D eigenvalue weighted by atomic mass is 10.2. The maximum atomic E-state index is 9.13. The molecule has 8 rings (SSSR count). The maximum absolute atomic E-state index is 9.13. The second-order valence-corrected chi connectivity index (χ2v) is 14.0. The molecule has 17 heteroatoms. The van der Waals surface area contributed by atoms with E-state index in [1.807, 2.05) is 49.4 Å². The van der Waals surface area contributed by atoms with Gasteiger partial charge in [-0.2, -0.15) is 25.4 Å². The Kier molecular flexibility index (Phi) is 9.69. The summed E-state index contributed by atoms with van der Waals surface area (Å²) in [5, 5.41) is 28.0. The molecule has 260 valence electrons. The summed E-state index contributed by atoms with van der Waals surface area (Å²) in [6.45, 7) is 7.99. The van der Waals surface area contributed by atoms with Gasteiger partial charge in [0.2, 0.25) is 11.9 Å². The number of fused-ring (bicyclic) bond motifs is 2. The minimum Gasteiger partial charge on any atom is -0.340 e. The fourth-order valence-electron chi connectivity index (χ4n) is 6.36. The summed E-state index contributed by atoms with van der Waals surface area (Å²) in [5.41, 5.74) is 3.87. The predicted molar refractivity (Wildman–Crippen MR) is 193 cm³/mol. The average Bonchev–Trinajstić information content (AvgIpc) is 3.95. The minimum absolute atomic E-state index is 0.618. The number of hydrogen-bond acceptors (Lipinski definition) is 11. The fourth-order valence-corrected chi connectivity index (χ4v) is 7.17. The summed E-state index contributed by atoms with van der Waals surface area (Å²) in [4.78, 5) is 23.0. The van der Waals surface area contributed by atoms with Crippen LogP contribution in [0, 0.1) is 25.2 Å². The SMILES string of the molecule is Cc1c(C#N)ccc2nc(CCc3nc(N4CCCC4)nn3C)nn12.Cc1c(Cl)cc(Br)c2nc(CCc3nc(N4CCCC4)nn3C)nn12. The molecule has 15 nitrogen and oxygen atoms in total. The number of pyridine rings is 2. The van der Waals surface area contributed by atoms with Crippen LogP contribution in [0.5, 0.6) is 0 Å². The zero-order chi connectivity index (χ0) is 34.9. The fraction of sp³-hybridized carbons (Fsp3) is 0.485. The molecule has 0 amide bonds. The van der Waals surface area contributed by atoms with E-state index in [0.29, 0.717) is 23.4 Å². The number of aromatic nitrogens is 12. The van der Waals surface area contributed by atoms with Gasteiger partial charge in [-0.1, -0.05) is 11.6 Å². The van der Waals surface area contributed by atoms with E-state index in [1.165, 1.54) is 25.7 Å². The lowest BCUT2D eigenvalue weighted by Crippen LogP contribution is -2.19. The molecule has 2 aliphatic rings. The molecule has 6 aromatic heterocycles. The van der Waals surface area contributed by atoms with E-state index in [9.17, 15) is 0 Å². The van der Waals surface area contributed by atoms with Crippen molar-refractivity contribution < 1.29 is 0 Å². The monoisotopic (exact) mass is 759 g/mol. The molecular formula is C33H39BrClN15. The Labute approximate surface area is 303 Å². The molecule has 0 aliphatic carbocycles. The summed E-state index contributed by atoms with van der Waals surface area (Å²) < 4.78 is 8.08. The third-order valence-electron chi connectivity index (χ3n) is 9.29. The molecule has 8 heterocycles. The number of hydrogen-bond donors (Lipinski definition) is 0. The Bertz CT molecular complexity index is 2190. The van der Waals surface area contributed by atoms with E-state index < -0.39 is 0 Å². The van der Waals surface area contributed by atoms with Gasteiger partial charge >= 0.3 is 0 Å². The van der Waals surface area contributed by atoms with Crippen LogP contribution < -0.4 is 9.80 Å². The van der Waals surface area contributed by atoms with E-state index >= 15 is 0 Å². The Morgan fingerprint density at radius 2 is 1.26 bits per heavy atom. The van der Waals surface area contributed by atoms with E-state index in [-0.39, 0.29) is 0 Å². The normalized spacial score (nSPS) is 14.6. The average molecular weight is 761 g/mol. The van der Waals surface area contributed by atoms with Crippen molar-refractivity contribution in [1.29, 1.82) is 5.26 Å². The van der Waals surface area contributed by atoms with Gasteiger partial charge < -0.3 is 9.80 Å². The molecule has 0 N–H and O–H groups in total. The van der Waals surface area contributed by atoms with Crippen molar-refractivity contribution >= 4 is 50.7 Å². The predicted octanol–water partition coefficient (Wildman–Crippen LogP) is 4.39. The first-order valence-electron chi connectivity index (χ1n) is 16.9. The lowest BCUT2D eigenvalue weighted by Gasteiger charge is -2.10. The Balaban J connectivity index is 0.000000157. The summed E-state index contributed by atoms with van der Waals surface area (Å²) in [6.07, 6.45) is 7.74. The second kappa shape index (κ2) is 14.3. The van der Waals surface area contributed by atoms with Crippen LogP contribution in [0.4, 0.5) is 11.9 Å². The van der Waals surface area contributed by atoms with Crippen molar-refractivity contribution in [3.05, 3.63) is 67.9 Å². The number of nitrogens with zero attached hydrogens (tertiary/aromatic N) is 15. The molecule has 2 fully saturated rings. The number of aryl methyl sites for hydroxylation is 8. The van der Waals surface area contributed by atoms with Crippen LogP contribution in [-0.2, 0) is 39.8 Å². The van der Waals surface area contributed by atoms with Crippen molar-refractivity contribution in [1.82, 2.24) is 58.7 Å². The number of rotatable bonds is 8. The number of anilines is 2. The highest BCUT2D eigenvalue weighted by Crippen LogP contribution is 2.25. The Morgan fingerprint density at radius 3 is 1.82 bits per heavy atom. The maximum Gasteiger partial charge on any atom is 0.244 e. The van der Waals surface area contributed by atoms with E-state index in [1.54, 1.807) is 15.1 Å². The van der Waals surface area contributed by atoms with Crippen molar-refractivity contribution in [3.63, 3.8) is 0 Å². The van der Waals surface area contributed by atoms with Gasteiger partial charge in [0.1, 0.15) is 17.7 Å². The smallest absolute Gasteiger partial charge is 0.244 e. The van der Waals surface area contributed by atoms with Gasteiger partial charge in [0.25, 0.3) is 0 Å². The first-order chi connectivity index (χ1) is 24.2. The van der Waals surface area contributed by atoms with Crippen LogP contribution in [0.2, 0.25) is 5.02 Å². The quantitative estimate of drug-likeness (QED) is 0.217. The van der Waals surface area contributed by atoms with Crippen LogP contribution in [0.15, 0.2) is 22.7 Å². The van der Waals surface area contributed by atoms with Crippen molar-refractivity contribution in [2.75, 3.05) is 36.0 Å². The van der Waals surface area contributed by atoms with Gasteiger partial charge in [-0.05, 0) is 73.7 Å². The van der Waals surface area contributed by atoms with Crippen molar-refractivity contribution in [2.24, 2.45) is 14.1 Å². The van der Waals surface area contributed by atoms with Gasteiger partial charge in [-0.3, -0.25) is 9.36 Å². The van der Waals surface area contributed by atoms with Gasteiger partial charge in [0.05, 0.1) is 26.4 Å². The van der Waals surface area contributed by atoms with Crippen LogP contribution >= 0.6 is 27.5 Å². The number of halogens is 2. The highest BCUT2D eigenvalue weighted by molar-refractivity contribution is 9.10. The first-order valence-corrected chi connectivity index (χ1v) is 18.1. The molecule has 0 atom stereocenters. The Morgan fingerprint density at radius 1 is 0.720 bits per heavy atom. The zero-order valence-corrected chi connectivity index (χ0v) is 31.0. The molecule has 2 saturated heterocycles. The minimum atomic E-state index is 0.618. The second-order valence-electron chi connectivity index (χ2n) is 12.7. The van der Waals surface area contributed by atoms with Crippen LogP contribution in [0.3, 0.4) is 0 Å². The third-order valence-corrected chi connectivity index (χ3v) is 10.3. The summed E-state index contributed by atoms with van der Waals surface area (Å²) >= 11 is 9.72. The first kappa shape index (κ1) is 33.9. The number of nitriles is 1. The molecule has 0 radical (unpaired) electrons. The van der Waals surface area contributed by atoms with Crippen molar-refractivity contribution in [2.45, 2.75) is 65.2 Å². The third kappa shape index (κ3) is 6.88. The molecule has 50 heavy (non-hydrogen) atoms. The standard InChI is InChI=1S/C17H20N8.C16H19BrClN7/c1-12-13(11-18)5-7-16-19-14(21-25(12)16)6-8-15-20-17(22-23(15)2)24-9-3-4-10-24;1-10-12(18)9-11(17)15-19-13(21-25(10)15)5-6-14-20-16(22-23(14)2)24-7-3-4-8-24/h5,7H,3-4,6,8-10H2,1-2H3;9H,3-8H2,1-2H3. The molecule has 0 unspecified atom stereocenters. The van der Waals surface area contributed by atoms with Gasteiger partial charge in [-0.15, -0.1) is 10.2 Å². The van der Waals surface area contributed by atoms with E-state index in [0.717, 1.165) is 101 Å². The molecule has 0 spiro atoms. The highest BCUT2D eigenvalue weighted by Gasteiger charge is 2.20. The molecule has 0 bridgehead atoms. The van der Waals surface area contributed by atoms with Gasteiger partial charge in [0.15, 0.2) is 22.9 Å².